The van der Waals surface area contributed by atoms with E-state index in [1.54, 1.807) is 12.1 Å². The number of carbonyl (C=O) groups excluding carboxylic acids is 1. The van der Waals surface area contributed by atoms with E-state index >= 15 is 4.39 Å². The van der Waals surface area contributed by atoms with Crippen molar-refractivity contribution in [3.63, 3.8) is 0 Å². The van der Waals surface area contributed by atoms with Gasteiger partial charge in [-0.3, -0.25) is 4.79 Å². The first-order valence-corrected chi connectivity index (χ1v) is 12.1. The van der Waals surface area contributed by atoms with Crippen LogP contribution in [0.25, 0.3) is 22.3 Å². The van der Waals surface area contributed by atoms with Gasteiger partial charge in [0.25, 0.3) is 0 Å². The highest BCUT2D eigenvalue weighted by Gasteiger charge is 2.22. The van der Waals surface area contributed by atoms with Gasteiger partial charge in [-0.1, -0.05) is 76.1 Å². The number of hydrogen-bond acceptors (Lipinski definition) is 1. The van der Waals surface area contributed by atoms with Crippen LogP contribution in [-0.4, -0.2) is 6.29 Å². The van der Waals surface area contributed by atoms with E-state index in [4.69, 9.17) is 0 Å². The number of carbonyl (C=O) groups is 1. The van der Waals surface area contributed by atoms with Crippen LogP contribution in [0.1, 0.15) is 74.2 Å². The molecule has 0 aliphatic heterocycles. The lowest BCUT2D eigenvalue weighted by molar-refractivity contribution is 0.111. The number of aldehydes is 1. The van der Waals surface area contributed by atoms with Gasteiger partial charge < -0.3 is 0 Å². The van der Waals surface area contributed by atoms with E-state index < -0.39 is 34.6 Å². The lowest BCUT2D eigenvalue weighted by Gasteiger charge is -2.15. The smallest absolute Gasteiger partial charge is 0.194 e. The quantitative estimate of drug-likeness (QED) is 0.107. The highest BCUT2D eigenvalue weighted by molar-refractivity contribution is 5.89. The minimum atomic E-state index is -1.67. The molecular weight excluding hydrogens is 459 g/mol. The Bertz CT molecular complexity index is 1130. The molecule has 0 aliphatic rings. The average molecular weight is 489 g/mol. The molecule has 0 N–H and O–H groups in total. The van der Waals surface area contributed by atoms with Crippen LogP contribution >= 0.6 is 0 Å². The summed E-state index contributed by atoms with van der Waals surface area (Å²) in [5.41, 5.74) is -0.0371. The van der Waals surface area contributed by atoms with Crippen molar-refractivity contribution in [3.8, 4) is 22.3 Å². The second-order valence-corrected chi connectivity index (χ2v) is 8.80. The van der Waals surface area contributed by atoms with Crippen molar-refractivity contribution in [1.82, 2.24) is 0 Å². The normalized spacial score (nSPS) is 11.1. The lowest BCUT2D eigenvalue weighted by atomic mass is 9.91. The van der Waals surface area contributed by atoms with E-state index in [9.17, 15) is 22.4 Å². The molecule has 0 saturated carbocycles. The van der Waals surface area contributed by atoms with Crippen molar-refractivity contribution < 1.29 is 26.7 Å². The van der Waals surface area contributed by atoms with Gasteiger partial charge in [0.15, 0.2) is 23.7 Å². The highest BCUT2D eigenvalue weighted by atomic mass is 19.2. The van der Waals surface area contributed by atoms with Gasteiger partial charge in [0.1, 0.15) is 11.6 Å². The van der Waals surface area contributed by atoms with Crippen molar-refractivity contribution in [2.24, 2.45) is 0 Å². The molecule has 6 heteroatoms. The molecule has 0 aliphatic carbocycles. The number of benzene rings is 3. The van der Waals surface area contributed by atoms with Gasteiger partial charge in [-0.15, -0.1) is 0 Å². The van der Waals surface area contributed by atoms with E-state index in [0.29, 0.717) is 17.7 Å². The van der Waals surface area contributed by atoms with Gasteiger partial charge in [-0.25, -0.2) is 22.0 Å². The van der Waals surface area contributed by atoms with Gasteiger partial charge in [0.05, 0.1) is 5.56 Å². The van der Waals surface area contributed by atoms with Crippen molar-refractivity contribution in [1.29, 1.82) is 0 Å². The second-order valence-electron chi connectivity index (χ2n) is 8.80. The Hall–Kier alpha value is -3.02. The number of halogens is 5. The van der Waals surface area contributed by atoms with Gasteiger partial charge in [0, 0.05) is 5.56 Å². The molecule has 3 aromatic rings. The first-order valence-electron chi connectivity index (χ1n) is 12.1. The van der Waals surface area contributed by atoms with Crippen molar-refractivity contribution in [3.05, 3.63) is 82.7 Å². The largest absolute Gasteiger partial charge is 0.298 e. The Balaban J connectivity index is 1.83. The van der Waals surface area contributed by atoms with Crippen LogP contribution in [0.2, 0.25) is 0 Å². The summed E-state index contributed by atoms with van der Waals surface area (Å²) < 4.78 is 70.8. The van der Waals surface area contributed by atoms with E-state index in [2.05, 4.69) is 6.92 Å². The third-order valence-corrected chi connectivity index (χ3v) is 6.23. The zero-order valence-electron chi connectivity index (χ0n) is 19.8. The molecule has 0 unspecified atom stereocenters. The molecule has 0 fully saturated rings. The molecule has 3 rings (SSSR count). The topological polar surface area (TPSA) is 17.1 Å². The molecule has 0 radical (unpaired) electrons. The van der Waals surface area contributed by atoms with Crippen LogP contribution in [0.4, 0.5) is 22.0 Å². The summed E-state index contributed by atoms with van der Waals surface area (Å²) >= 11 is 0. The molecule has 0 atom stereocenters. The molecule has 3 aromatic carbocycles. The predicted octanol–water partition coefficient (Wildman–Crippen LogP) is 9.21. The van der Waals surface area contributed by atoms with Crippen LogP contribution in [0.5, 0.6) is 0 Å². The maximum absolute atomic E-state index is 15.2. The molecule has 35 heavy (non-hydrogen) atoms. The molecule has 186 valence electrons. The van der Waals surface area contributed by atoms with Crippen molar-refractivity contribution in [2.45, 2.75) is 64.7 Å². The average Bonchev–Trinajstić information content (AvgIpc) is 2.84. The maximum atomic E-state index is 15.2. The Labute approximate surface area is 203 Å². The first kappa shape index (κ1) is 26.6. The fourth-order valence-electron chi connectivity index (χ4n) is 4.26. The monoisotopic (exact) mass is 488 g/mol. The number of aryl methyl sites for hydroxylation is 1. The summed E-state index contributed by atoms with van der Waals surface area (Å²) in [6.45, 7) is 2.19. The molecule has 0 spiro atoms. The molecule has 0 bridgehead atoms. The fraction of sp³-hybridized carbons (Fsp3) is 0.345. The summed E-state index contributed by atoms with van der Waals surface area (Å²) in [5.74, 6) is -6.95. The molecule has 0 heterocycles. The highest BCUT2D eigenvalue weighted by Crippen LogP contribution is 2.38. The fourth-order valence-corrected chi connectivity index (χ4v) is 4.26. The van der Waals surface area contributed by atoms with E-state index in [1.165, 1.54) is 38.5 Å². The van der Waals surface area contributed by atoms with Gasteiger partial charge in [-0.2, -0.15) is 0 Å². The molecule has 0 amide bonds. The van der Waals surface area contributed by atoms with Crippen molar-refractivity contribution >= 4 is 6.29 Å². The van der Waals surface area contributed by atoms with Crippen LogP contribution < -0.4 is 0 Å². The standard InChI is InChI=1S/C29H29F5O/c1-2-3-4-5-6-7-8-9-10-19-11-13-20(14-12-19)27-22(17-24(30)23(18-35)28(27)33)21-15-25(31)29(34)26(32)16-21/h11-18H,2-10H2,1H3. The van der Waals surface area contributed by atoms with Crippen LogP contribution in [0, 0.1) is 29.1 Å². The maximum Gasteiger partial charge on any atom is 0.194 e. The summed E-state index contributed by atoms with van der Waals surface area (Å²) in [6, 6.07) is 9.07. The minimum absolute atomic E-state index is 0.0560. The van der Waals surface area contributed by atoms with Crippen LogP contribution in [0.15, 0.2) is 42.5 Å². The Kier molecular flexibility index (Phi) is 9.58. The summed E-state index contributed by atoms with van der Waals surface area (Å²) in [5, 5.41) is 0. The molecule has 1 nitrogen and oxygen atoms in total. The zero-order valence-corrected chi connectivity index (χ0v) is 19.8. The summed E-state index contributed by atoms with van der Waals surface area (Å²) in [6.07, 6.45) is 10.5. The third-order valence-electron chi connectivity index (χ3n) is 6.23. The van der Waals surface area contributed by atoms with Crippen LogP contribution in [0.3, 0.4) is 0 Å². The second kappa shape index (κ2) is 12.6. The molecule has 0 saturated heterocycles. The Morgan fingerprint density at radius 3 is 1.80 bits per heavy atom. The van der Waals surface area contributed by atoms with Crippen molar-refractivity contribution in [2.75, 3.05) is 0 Å². The number of rotatable bonds is 12. The van der Waals surface area contributed by atoms with E-state index in [1.807, 2.05) is 12.1 Å². The van der Waals surface area contributed by atoms with E-state index in [-0.39, 0.29) is 23.0 Å². The summed E-state index contributed by atoms with van der Waals surface area (Å²) in [4.78, 5) is 11.3. The zero-order chi connectivity index (χ0) is 25.4. The van der Waals surface area contributed by atoms with Gasteiger partial charge in [-0.05, 0) is 53.3 Å². The van der Waals surface area contributed by atoms with Crippen LogP contribution in [-0.2, 0) is 6.42 Å². The van der Waals surface area contributed by atoms with E-state index in [0.717, 1.165) is 30.9 Å². The Morgan fingerprint density at radius 1 is 0.657 bits per heavy atom. The summed E-state index contributed by atoms with van der Waals surface area (Å²) in [7, 11) is 0. The minimum Gasteiger partial charge on any atom is -0.298 e. The Morgan fingerprint density at radius 2 is 1.23 bits per heavy atom. The first-order chi connectivity index (χ1) is 16.9. The number of hydrogen-bond donors (Lipinski definition) is 0. The third kappa shape index (κ3) is 6.56. The predicted molar refractivity (Wildman–Crippen MR) is 129 cm³/mol. The van der Waals surface area contributed by atoms with Gasteiger partial charge >= 0.3 is 0 Å². The number of unbranched alkanes of at least 4 members (excludes halogenated alkanes) is 7. The van der Waals surface area contributed by atoms with Gasteiger partial charge in [0.2, 0.25) is 0 Å². The lowest BCUT2D eigenvalue weighted by Crippen LogP contribution is -2.01. The SMILES string of the molecule is CCCCCCCCCCc1ccc(-c2c(-c3cc(F)c(F)c(F)c3)cc(F)c(C=O)c2F)cc1. The molecular formula is C29H29F5O. The molecule has 0 aromatic heterocycles.